The number of nitrogens with zero attached hydrogens (tertiary/aromatic N) is 1. The summed E-state index contributed by atoms with van der Waals surface area (Å²) in [7, 11) is 1.33. The molecule has 0 spiro atoms. The van der Waals surface area contributed by atoms with Gasteiger partial charge in [-0.1, -0.05) is 12.1 Å². The molecule has 1 amide bonds. The maximum atomic E-state index is 12.3. The fraction of sp³-hybridized carbons (Fsp3) is 0.263. The van der Waals surface area contributed by atoms with E-state index in [1.54, 1.807) is 19.1 Å². The molecule has 2 aromatic rings. The minimum absolute atomic E-state index is 0.130. The molecular weight excluding hydrogens is 352 g/mol. The van der Waals surface area contributed by atoms with Crippen molar-refractivity contribution in [2.75, 3.05) is 12.4 Å². The van der Waals surface area contributed by atoms with Crippen LogP contribution in [0.25, 0.3) is 0 Å². The average molecular weight is 372 g/mol. The maximum absolute atomic E-state index is 12.3. The Bertz CT molecular complexity index is 894. The molecule has 0 aromatic heterocycles. The Labute approximate surface area is 156 Å². The summed E-state index contributed by atoms with van der Waals surface area (Å²) in [6, 6.07) is 9.05. The highest BCUT2D eigenvalue weighted by molar-refractivity contribution is 5.98. The molecule has 0 saturated carbocycles. The van der Waals surface area contributed by atoms with Crippen molar-refractivity contribution in [3.8, 4) is 5.75 Å². The second-order valence-electron chi connectivity index (χ2n) is 5.93. The molecule has 27 heavy (non-hydrogen) atoms. The molecule has 0 radical (unpaired) electrons. The number of anilines is 1. The van der Waals surface area contributed by atoms with E-state index in [-0.39, 0.29) is 17.1 Å². The molecule has 0 fully saturated rings. The molecule has 2 aromatic carbocycles. The summed E-state index contributed by atoms with van der Waals surface area (Å²) >= 11 is 0. The summed E-state index contributed by atoms with van der Waals surface area (Å²) < 4.78 is 10.3. The number of rotatable bonds is 6. The van der Waals surface area contributed by atoms with E-state index < -0.39 is 22.9 Å². The lowest BCUT2D eigenvalue weighted by atomic mass is 10.0. The fourth-order valence-corrected chi connectivity index (χ4v) is 2.38. The summed E-state index contributed by atoms with van der Waals surface area (Å²) in [5.41, 5.74) is 2.19. The van der Waals surface area contributed by atoms with Gasteiger partial charge in [-0.05, 0) is 44.0 Å². The van der Waals surface area contributed by atoms with Gasteiger partial charge < -0.3 is 14.8 Å². The van der Waals surface area contributed by atoms with Gasteiger partial charge in [0.15, 0.2) is 6.10 Å². The van der Waals surface area contributed by atoms with E-state index in [1.165, 1.54) is 32.2 Å². The van der Waals surface area contributed by atoms with Crippen molar-refractivity contribution in [3.63, 3.8) is 0 Å². The molecule has 0 aliphatic heterocycles. The first kappa shape index (κ1) is 19.9. The third-order valence-corrected chi connectivity index (χ3v) is 4.13. The summed E-state index contributed by atoms with van der Waals surface area (Å²) in [5.74, 6) is -1.05. The number of carbonyl (C=O) groups excluding carboxylic acids is 2. The number of ether oxygens (including phenoxy) is 2. The Balaban J connectivity index is 2.11. The van der Waals surface area contributed by atoms with Crippen molar-refractivity contribution in [3.05, 3.63) is 63.2 Å². The van der Waals surface area contributed by atoms with Crippen LogP contribution in [0.15, 0.2) is 36.4 Å². The molecule has 0 aliphatic carbocycles. The minimum Gasteiger partial charge on any atom is -0.494 e. The zero-order valence-corrected chi connectivity index (χ0v) is 15.4. The molecule has 142 valence electrons. The number of nitrogens with one attached hydrogen (secondary N) is 1. The van der Waals surface area contributed by atoms with Crippen molar-refractivity contribution in [1.82, 2.24) is 0 Å². The predicted molar refractivity (Wildman–Crippen MR) is 99.1 cm³/mol. The predicted octanol–water partition coefficient (Wildman–Crippen LogP) is 3.40. The highest BCUT2D eigenvalue weighted by Gasteiger charge is 2.22. The summed E-state index contributed by atoms with van der Waals surface area (Å²) in [6.45, 7) is 5.12. The van der Waals surface area contributed by atoms with Crippen molar-refractivity contribution in [2.24, 2.45) is 0 Å². The van der Waals surface area contributed by atoms with Gasteiger partial charge in [-0.3, -0.25) is 14.9 Å². The van der Waals surface area contributed by atoms with Crippen LogP contribution in [-0.2, 0) is 9.53 Å². The van der Waals surface area contributed by atoms with Crippen LogP contribution in [0.2, 0.25) is 0 Å². The number of nitro benzene ring substituents is 1. The topological polar surface area (TPSA) is 108 Å². The number of methoxy groups -OCH3 is 1. The standard InChI is InChI=1S/C19H20N2O6/c1-11-6-5-7-15(12(11)2)19(23)27-13(3)18(22)20-16-9-8-14(21(24)25)10-17(16)26-4/h5-10,13H,1-4H3,(H,20,22)/t13-/m1/s1. The smallest absolute Gasteiger partial charge is 0.339 e. The van der Waals surface area contributed by atoms with Gasteiger partial charge in [0.1, 0.15) is 5.75 Å². The minimum atomic E-state index is -1.07. The Kier molecular flexibility index (Phi) is 6.12. The normalized spacial score (nSPS) is 11.4. The van der Waals surface area contributed by atoms with Crippen LogP contribution in [0.3, 0.4) is 0 Å². The van der Waals surface area contributed by atoms with Crippen molar-refractivity contribution in [2.45, 2.75) is 26.9 Å². The van der Waals surface area contributed by atoms with Crippen LogP contribution in [-0.4, -0.2) is 30.0 Å². The number of benzene rings is 2. The third kappa shape index (κ3) is 4.60. The van der Waals surface area contributed by atoms with E-state index >= 15 is 0 Å². The molecule has 8 nitrogen and oxygen atoms in total. The first-order valence-electron chi connectivity index (χ1n) is 8.15. The quantitative estimate of drug-likeness (QED) is 0.473. The Hall–Kier alpha value is -3.42. The van der Waals surface area contributed by atoms with Crippen molar-refractivity contribution >= 4 is 23.3 Å². The van der Waals surface area contributed by atoms with Gasteiger partial charge in [0, 0.05) is 6.07 Å². The molecule has 0 aliphatic rings. The van der Waals surface area contributed by atoms with Crippen LogP contribution < -0.4 is 10.1 Å². The summed E-state index contributed by atoms with van der Waals surface area (Å²) in [5, 5.41) is 13.4. The van der Waals surface area contributed by atoms with Gasteiger partial charge in [-0.2, -0.15) is 0 Å². The van der Waals surface area contributed by atoms with Crippen LogP contribution in [0.5, 0.6) is 5.75 Å². The largest absolute Gasteiger partial charge is 0.494 e. The van der Waals surface area contributed by atoms with E-state index in [0.717, 1.165) is 11.1 Å². The molecule has 0 unspecified atom stereocenters. The molecule has 0 saturated heterocycles. The van der Waals surface area contributed by atoms with Gasteiger partial charge >= 0.3 is 5.97 Å². The van der Waals surface area contributed by atoms with Gasteiger partial charge in [0.2, 0.25) is 0 Å². The van der Waals surface area contributed by atoms with E-state index in [4.69, 9.17) is 9.47 Å². The number of carbonyl (C=O) groups is 2. The van der Waals surface area contributed by atoms with Gasteiger partial charge in [0.25, 0.3) is 11.6 Å². The zero-order valence-electron chi connectivity index (χ0n) is 15.4. The summed E-state index contributed by atoms with van der Waals surface area (Å²) in [4.78, 5) is 34.9. The van der Waals surface area contributed by atoms with E-state index in [9.17, 15) is 19.7 Å². The number of aryl methyl sites for hydroxylation is 1. The first-order chi connectivity index (χ1) is 12.7. The van der Waals surface area contributed by atoms with Crippen LogP contribution >= 0.6 is 0 Å². The number of amides is 1. The SMILES string of the molecule is COc1cc([N+](=O)[O-])ccc1NC(=O)[C@@H](C)OC(=O)c1cccc(C)c1C. The molecule has 0 bridgehead atoms. The van der Waals surface area contributed by atoms with Gasteiger partial charge in [-0.25, -0.2) is 4.79 Å². The lowest BCUT2D eigenvalue weighted by Crippen LogP contribution is -2.30. The van der Waals surface area contributed by atoms with Gasteiger partial charge in [-0.15, -0.1) is 0 Å². The van der Waals surface area contributed by atoms with E-state index in [2.05, 4.69) is 5.32 Å². The zero-order chi connectivity index (χ0) is 20.1. The van der Waals surface area contributed by atoms with Crippen molar-refractivity contribution < 1.29 is 24.0 Å². The second-order valence-corrected chi connectivity index (χ2v) is 5.93. The third-order valence-electron chi connectivity index (χ3n) is 4.13. The maximum Gasteiger partial charge on any atom is 0.339 e. The number of esters is 1. The molecule has 1 N–H and O–H groups in total. The number of non-ortho nitro benzene ring substituents is 1. The number of hydrogen-bond acceptors (Lipinski definition) is 6. The Morgan fingerprint density at radius 2 is 1.89 bits per heavy atom. The number of hydrogen-bond donors (Lipinski definition) is 1. The summed E-state index contributed by atoms with van der Waals surface area (Å²) in [6.07, 6.45) is -1.07. The van der Waals surface area contributed by atoms with Crippen LogP contribution in [0.4, 0.5) is 11.4 Å². The second kappa shape index (κ2) is 8.31. The fourth-order valence-electron chi connectivity index (χ4n) is 2.38. The molecule has 1 atom stereocenters. The first-order valence-corrected chi connectivity index (χ1v) is 8.15. The molecule has 2 rings (SSSR count). The lowest BCUT2D eigenvalue weighted by Gasteiger charge is -2.16. The Morgan fingerprint density at radius 1 is 1.19 bits per heavy atom. The van der Waals surface area contributed by atoms with Crippen LogP contribution in [0.1, 0.15) is 28.4 Å². The monoisotopic (exact) mass is 372 g/mol. The molecule has 0 heterocycles. The number of nitro groups is 1. The average Bonchev–Trinajstić information content (AvgIpc) is 2.63. The molecule has 8 heteroatoms. The van der Waals surface area contributed by atoms with E-state index in [1.807, 2.05) is 13.0 Å². The lowest BCUT2D eigenvalue weighted by molar-refractivity contribution is -0.384. The molecular formula is C19H20N2O6. The van der Waals surface area contributed by atoms with E-state index in [0.29, 0.717) is 5.56 Å². The highest BCUT2D eigenvalue weighted by atomic mass is 16.6. The Morgan fingerprint density at radius 3 is 2.52 bits per heavy atom. The van der Waals surface area contributed by atoms with Crippen molar-refractivity contribution in [1.29, 1.82) is 0 Å². The highest BCUT2D eigenvalue weighted by Crippen LogP contribution is 2.29. The van der Waals surface area contributed by atoms with Crippen LogP contribution in [0, 0.1) is 24.0 Å². The van der Waals surface area contributed by atoms with Gasteiger partial charge in [0.05, 0.1) is 29.4 Å².